The molecule has 176 valence electrons. The quantitative estimate of drug-likeness (QED) is 0.277. The lowest BCUT2D eigenvalue weighted by Gasteiger charge is -2.09. The Balaban J connectivity index is 1.65. The molecule has 8 heteroatoms. The molecule has 0 N–H and O–H groups in total. The van der Waals surface area contributed by atoms with Crippen LogP contribution in [0, 0.1) is 6.92 Å². The number of thiazole rings is 1. The maximum Gasteiger partial charge on any atom is 0.297 e. The van der Waals surface area contributed by atoms with Gasteiger partial charge in [-0.3, -0.25) is 14.5 Å². The molecule has 0 atom stereocenters. The monoisotopic (exact) mass is 545 g/mol. The first-order valence-corrected chi connectivity index (χ1v) is 12.9. The molecule has 0 amide bonds. The Kier molecular flexibility index (Phi) is 6.66. The van der Waals surface area contributed by atoms with Gasteiger partial charge in [0, 0.05) is 47.3 Å². The Morgan fingerprint density at radius 3 is 2.57 bits per heavy atom. The largest absolute Gasteiger partial charge is 0.316 e. The van der Waals surface area contributed by atoms with Crippen molar-refractivity contribution < 1.29 is 0 Å². The molecule has 0 bridgehead atoms. The normalized spacial score (nSPS) is 11.8. The molecule has 0 unspecified atom stereocenters. The van der Waals surface area contributed by atoms with E-state index in [-0.39, 0.29) is 5.56 Å². The standard InChI is InChI=1S/C27H24BrN5OS/c1-19-25(26(34)33(31(19)2)23-12-4-3-5-13-23)30-27-32(16-14-22-11-6-7-15-29-22)24(18-35-27)20-9-8-10-21(28)17-20/h3-13,15,17-18H,14,16H2,1-2H3. The number of para-hydroxylation sites is 1. The van der Waals surface area contributed by atoms with Crippen LogP contribution in [0.15, 0.2) is 98.6 Å². The lowest BCUT2D eigenvalue weighted by molar-refractivity contribution is 0.630. The Morgan fingerprint density at radius 2 is 1.83 bits per heavy atom. The van der Waals surface area contributed by atoms with Crippen molar-refractivity contribution >= 4 is 33.0 Å². The minimum absolute atomic E-state index is 0.134. The van der Waals surface area contributed by atoms with Gasteiger partial charge in [0.1, 0.15) is 0 Å². The number of benzene rings is 2. The van der Waals surface area contributed by atoms with Crippen LogP contribution in [0.1, 0.15) is 11.4 Å². The number of nitrogens with zero attached hydrogens (tertiary/aromatic N) is 5. The Hall–Kier alpha value is -3.49. The van der Waals surface area contributed by atoms with Crippen LogP contribution in [-0.4, -0.2) is 18.9 Å². The predicted octanol–water partition coefficient (Wildman–Crippen LogP) is 5.65. The number of hydrogen-bond donors (Lipinski definition) is 0. The summed E-state index contributed by atoms with van der Waals surface area (Å²) in [6, 6.07) is 23.8. The maximum atomic E-state index is 13.5. The van der Waals surface area contributed by atoms with Crippen LogP contribution < -0.4 is 10.4 Å². The van der Waals surface area contributed by atoms with Crippen LogP contribution in [0.3, 0.4) is 0 Å². The number of halogens is 1. The molecule has 3 heterocycles. The second-order valence-corrected chi connectivity index (χ2v) is 9.91. The average molecular weight is 546 g/mol. The topological polar surface area (TPSA) is 57.1 Å². The van der Waals surface area contributed by atoms with Crippen LogP contribution in [0.2, 0.25) is 0 Å². The third kappa shape index (κ3) is 4.72. The van der Waals surface area contributed by atoms with Crippen molar-refractivity contribution in [3.8, 4) is 16.9 Å². The van der Waals surface area contributed by atoms with Gasteiger partial charge in [-0.2, -0.15) is 0 Å². The zero-order chi connectivity index (χ0) is 24.4. The van der Waals surface area contributed by atoms with Gasteiger partial charge >= 0.3 is 0 Å². The third-order valence-corrected chi connectivity index (χ3v) is 7.32. The van der Waals surface area contributed by atoms with E-state index in [1.807, 2.05) is 85.5 Å². The highest BCUT2D eigenvalue weighted by molar-refractivity contribution is 9.10. The van der Waals surface area contributed by atoms with Crippen molar-refractivity contribution in [2.45, 2.75) is 19.9 Å². The number of aromatic nitrogens is 4. The minimum atomic E-state index is -0.134. The van der Waals surface area contributed by atoms with E-state index in [0.29, 0.717) is 12.2 Å². The van der Waals surface area contributed by atoms with E-state index in [1.54, 1.807) is 4.68 Å². The van der Waals surface area contributed by atoms with Gasteiger partial charge in [-0.1, -0.05) is 52.3 Å². The molecule has 0 aliphatic heterocycles. The second kappa shape index (κ2) is 10.0. The van der Waals surface area contributed by atoms with Crippen LogP contribution in [-0.2, 0) is 20.0 Å². The van der Waals surface area contributed by atoms with E-state index in [9.17, 15) is 4.79 Å². The van der Waals surface area contributed by atoms with E-state index in [1.165, 1.54) is 11.3 Å². The fourth-order valence-electron chi connectivity index (χ4n) is 4.06. The average Bonchev–Trinajstić information content (AvgIpc) is 3.37. The lowest BCUT2D eigenvalue weighted by Crippen LogP contribution is -2.20. The van der Waals surface area contributed by atoms with Gasteiger partial charge in [-0.05, 0) is 43.3 Å². The van der Waals surface area contributed by atoms with E-state index in [4.69, 9.17) is 4.99 Å². The Labute approximate surface area is 215 Å². The summed E-state index contributed by atoms with van der Waals surface area (Å²) in [4.78, 5) is 23.6. The van der Waals surface area contributed by atoms with Crippen molar-refractivity contribution in [3.63, 3.8) is 0 Å². The molecule has 0 aliphatic carbocycles. The third-order valence-electron chi connectivity index (χ3n) is 5.97. The summed E-state index contributed by atoms with van der Waals surface area (Å²) in [5.74, 6) is 0. The van der Waals surface area contributed by atoms with Crippen molar-refractivity contribution in [1.82, 2.24) is 18.9 Å². The molecule has 3 aromatic heterocycles. The van der Waals surface area contributed by atoms with Gasteiger partial charge in [-0.15, -0.1) is 11.3 Å². The highest BCUT2D eigenvalue weighted by atomic mass is 79.9. The predicted molar refractivity (Wildman–Crippen MR) is 144 cm³/mol. The van der Waals surface area contributed by atoms with Crippen molar-refractivity contribution in [3.05, 3.63) is 115 Å². The van der Waals surface area contributed by atoms with E-state index >= 15 is 0 Å². The molecule has 35 heavy (non-hydrogen) atoms. The first-order valence-electron chi connectivity index (χ1n) is 11.3. The second-order valence-electron chi connectivity index (χ2n) is 8.16. The number of hydrogen-bond acceptors (Lipinski definition) is 4. The molecule has 5 aromatic rings. The first-order chi connectivity index (χ1) is 17.0. The van der Waals surface area contributed by atoms with Gasteiger partial charge < -0.3 is 4.57 Å². The number of aryl methyl sites for hydroxylation is 1. The zero-order valence-corrected chi connectivity index (χ0v) is 21.8. The molecule has 2 aromatic carbocycles. The summed E-state index contributed by atoms with van der Waals surface area (Å²) in [7, 11) is 1.89. The summed E-state index contributed by atoms with van der Waals surface area (Å²) in [5.41, 5.74) is 5.10. The van der Waals surface area contributed by atoms with Gasteiger partial charge in [0.25, 0.3) is 5.56 Å². The molecule has 6 nitrogen and oxygen atoms in total. The molecule has 0 fully saturated rings. The lowest BCUT2D eigenvalue weighted by atomic mass is 10.1. The molecule has 0 radical (unpaired) electrons. The van der Waals surface area contributed by atoms with Crippen LogP contribution in [0.25, 0.3) is 16.9 Å². The summed E-state index contributed by atoms with van der Waals surface area (Å²) in [6.07, 6.45) is 2.57. The smallest absolute Gasteiger partial charge is 0.297 e. The summed E-state index contributed by atoms with van der Waals surface area (Å²) in [6.45, 7) is 2.63. The molecule has 0 saturated carbocycles. The van der Waals surface area contributed by atoms with Crippen molar-refractivity contribution in [2.75, 3.05) is 0 Å². The molecule has 5 rings (SSSR count). The molecule has 0 saturated heterocycles. The molecule has 0 aliphatic rings. The highest BCUT2D eigenvalue weighted by Gasteiger charge is 2.17. The number of pyridine rings is 1. The van der Waals surface area contributed by atoms with Gasteiger partial charge in [-0.25, -0.2) is 9.67 Å². The summed E-state index contributed by atoms with van der Waals surface area (Å²) in [5, 5.41) is 2.10. The SMILES string of the molecule is Cc1c(N=c2scc(-c3cccc(Br)c3)n2CCc2ccccn2)c(=O)n(-c2ccccc2)n1C. The zero-order valence-electron chi connectivity index (χ0n) is 19.4. The fourth-order valence-corrected chi connectivity index (χ4v) is 5.40. The van der Waals surface area contributed by atoms with E-state index < -0.39 is 0 Å². The Morgan fingerprint density at radius 1 is 1.03 bits per heavy atom. The van der Waals surface area contributed by atoms with Crippen LogP contribution >= 0.6 is 27.3 Å². The van der Waals surface area contributed by atoms with Gasteiger partial charge in [0.15, 0.2) is 10.5 Å². The minimum Gasteiger partial charge on any atom is -0.316 e. The fraction of sp³-hybridized carbons (Fsp3) is 0.148. The highest BCUT2D eigenvalue weighted by Crippen LogP contribution is 2.25. The Bertz CT molecular complexity index is 1600. The van der Waals surface area contributed by atoms with Crippen LogP contribution in [0.5, 0.6) is 0 Å². The van der Waals surface area contributed by atoms with Crippen LogP contribution in [0.4, 0.5) is 5.69 Å². The molecular weight excluding hydrogens is 522 g/mol. The molecule has 0 spiro atoms. The van der Waals surface area contributed by atoms with E-state index in [0.717, 1.165) is 44.0 Å². The van der Waals surface area contributed by atoms with Gasteiger partial charge in [0.2, 0.25) is 0 Å². The van der Waals surface area contributed by atoms with Crippen molar-refractivity contribution in [1.29, 1.82) is 0 Å². The van der Waals surface area contributed by atoms with Crippen molar-refractivity contribution in [2.24, 2.45) is 12.0 Å². The summed E-state index contributed by atoms with van der Waals surface area (Å²) < 4.78 is 6.72. The molecular formula is C27H24BrN5OS. The summed E-state index contributed by atoms with van der Waals surface area (Å²) >= 11 is 5.12. The first kappa shape index (κ1) is 23.3. The van der Waals surface area contributed by atoms with Gasteiger partial charge in [0.05, 0.1) is 17.1 Å². The van der Waals surface area contributed by atoms with E-state index in [2.05, 4.69) is 43.0 Å². The number of rotatable bonds is 6. The maximum absolute atomic E-state index is 13.5.